The lowest BCUT2D eigenvalue weighted by Gasteiger charge is -2.02. The lowest BCUT2D eigenvalue weighted by Crippen LogP contribution is -1.89. The van der Waals surface area contributed by atoms with Crippen LogP contribution in [-0.4, -0.2) is 6.61 Å². The Kier molecular flexibility index (Phi) is 2.91. The summed E-state index contributed by atoms with van der Waals surface area (Å²) in [7, 11) is 0. The van der Waals surface area contributed by atoms with Crippen LogP contribution in [0.5, 0.6) is 5.75 Å². The average Bonchev–Trinajstić information content (AvgIpc) is 2.58. The third-order valence-electron chi connectivity index (χ3n) is 1.92. The van der Waals surface area contributed by atoms with Crippen LogP contribution in [0.3, 0.4) is 0 Å². The summed E-state index contributed by atoms with van der Waals surface area (Å²) in [6.07, 6.45) is 0. The zero-order chi connectivity index (χ0) is 10.1. The number of halogens is 1. The third-order valence-corrected chi connectivity index (χ3v) is 3.71. The molecule has 0 aliphatic rings. The van der Waals surface area contributed by atoms with E-state index < -0.39 is 0 Å². The van der Waals surface area contributed by atoms with Crippen LogP contribution in [0.2, 0.25) is 5.02 Å². The topological polar surface area (TPSA) is 9.23 Å². The van der Waals surface area contributed by atoms with E-state index in [0.717, 1.165) is 25.8 Å². The largest absolute Gasteiger partial charge is 0.492 e. The molecule has 0 amide bonds. The van der Waals surface area contributed by atoms with Crippen molar-refractivity contribution in [1.82, 2.24) is 0 Å². The van der Waals surface area contributed by atoms with Gasteiger partial charge in [-0.05, 0) is 19.1 Å². The van der Waals surface area contributed by atoms with Crippen LogP contribution in [-0.2, 0) is 0 Å². The second kappa shape index (κ2) is 4.01. The highest BCUT2D eigenvalue weighted by Gasteiger charge is 2.10. The van der Waals surface area contributed by atoms with Crippen molar-refractivity contribution >= 4 is 45.7 Å². The van der Waals surface area contributed by atoms with Crippen LogP contribution in [0.25, 0.3) is 10.1 Å². The Morgan fingerprint density at radius 1 is 1.50 bits per heavy atom. The predicted molar refractivity (Wildman–Crippen MR) is 65.3 cm³/mol. The highest BCUT2D eigenvalue weighted by molar-refractivity contribution is 7.80. The van der Waals surface area contributed by atoms with Crippen molar-refractivity contribution in [2.75, 3.05) is 6.61 Å². The fourth-order valence-corrected chi connectivity index (χ4v) is 2.92. The number of hydrogen-bond acceptors (Lipinski definition) is 3. The fourth-order valence-electron chi connectivity index (χ4n) is 1.33. The molecule has 1 aromatic carbocycles. The molecule has 0 N–H and O–H groups in total. The molecule has 0 fully saturated rings. The van der Waals surface area contributed by atoms with Crippen LogP contribution in [0.15, 0.2) is 22.4 Å². The van der Waals surface area contributed by atoms with Crippen molar-refractivity contribution in [3.63, 3.8) is 0 Å². The van der Waals surface area contributed by atoms with E-state index in [4.69, 9.17) is 16.3 Å². The number of thiophene rings is 1. The van der Waals surface area contributed by atoms with Gasteiger partial charge in [-0.15, -0.1) is 24.0 Å². The Bertz CT molecular complexity index is 464. The van der Waals surface area contributed by atoms with Gasteiger partial charge in [0.1, 0.15) is 5.75 Å². The zero-order valence-corrected chi connectivity index (χ0v) is 10.0. The van der Waals surface area contributed by atoms with Gasteiger partial charge in [0.25, 0.3) is 0 Å². The highest BCUT2D eigenvalue weighted by atomic mass is 35.5. The molecule has 0 bridgehead atoms. The minimum Gasteiger partial charge on any atom is -0.492 e. The highest BCUT2D eigenvalue weighted by Crippen LogP contribution is 2.40. The van der Waals surface area contributed by atoms with Crippen molar-refractivity contribution in [1.29, 1.82) is 0 Å². The van der Waals surface area contributed by atoms with Crippen molar-refractivity contribution in [2.24, 2.45) is 0 Å². The van der Waals surface area contributed by atoms with Gasteiger partial charge in [0.05, 0.1) is 16.3 Å². The summed E-state index contributed by atoms with van der Waals surface area (Å²) in [5, 5.41) is 3.75. The van der Waals surface area contributed by atoms with E-state index in [1.165, 1.54) is 0 Å². The van der Waals surface area contributed by atoms with Crippen molar-refractivity contribution < 1.29 is 4.74 Å². The Balaban J connectivity index is 2.70. The lowest BCUT2D eigenvalue weighted by atomic mass is 10.2. The van der Waals surface area contributed by atoms with E-state index >= 15 is 0 Å². The summed E-state index contributed by atoms with van der Waals surface area (Å²) >= 11 is 12.0. The van der Waals surface area contributed by atoms with Gasteiger partial charge in [-0.25, -0.2) is 0 Å². The summed E-state index contributed by atoms with van der Waals surface area (Å²) in [4.78, 5) is 0.911. The number of ether oxygens (including phenoxy) is 1. The van der Waals surface area contributed by atoms with Crippen molar-refractivity contribution in [2.45, 2.75) is 11.8 Å². The first-order valence-corrected chi connectivity index (χ1v) is 5.96. The maximum absolute atomic E-state index is 6.06. The molecular formula is C10H9ClOS2. The summed E-state index contributed by atoms with van der Waals surface area (Å²) in [6.45, 7) is 2.62. The van der Waals surface area contributed by atoms with Gasteiger partial charge in [0.2, 0.25) is 0 Å². The van der Waals surface area contributed by atoms with Crippen LogP contribution < -0.4 is 4.74 Å². The maximum atomic E-state index is 6.06. The number of hydrogen-bond donors (Lipinski definition) is 1. The van der Waals surface area contributed by atoms with E-state index in [0.29, 0.717) is 6.61 Å². The Labute approximate surface area is 97.1 Å². The van der Waals surface area contributed by atoms with E-state index in [1.807, 2.05) is 24.4 Å². The second-order valence-corrected chi connectivity index (χ2v) is 4.57. The minimum atomic E-state index is 0.658. The molecule has 0 unspecified atom stereocenters. The molecule has 4 heteroatoms. The number of rotatable bonds is 2. The lowest BCUT2D eigenvalue weighted by molar-refractivity contribution is 0.345. The molecule has 2 rings (SSSR count). The molecule has 0 aliphatic carbocycles. The smallest absolute Gasteiger partial charge is 0.138 e. The second-order valence-electron chi connectivity index (χ2n) is 2.80. The SMILES string of the molecule is CCOc1csc2c(Cl)ccc(S)c12. The van der Waals surface area contributed by atoms with Gasteiger partial charge in [-0.3, -0.25) is 0 Å². The molecule has 0 spiro atoms. The van der Waals surface area contributed by atoms with E-state index in [9.17, 15) is 0 Å². The Hall–Kier alpha value is -0.380. The normalized spacial score (nSPS) is 10.8. The van der Waals surface area contributed by atoms with Crippen molar-refractivity contribution in [3.05, 3.63) is 22.5 Å². The summed E-state index contributed by atoms with van der Waals surface area (Å²) in [6, 6.07) is 3.75. The van der Waals surface area contributed by atoms with E-state index in [1.54, 1.807) is 11.3 Å². The van der Waals surface area contributed by atoms with Gasteiger partial charge in [0, 0.05) is 15.7 Å². The van der Waals surface area contributed by atoms with Gasteiger partial charge < -0.3 is 4.74 Å². The van der Waals surface area contributed by atoms with Gasteiger partial charge in [0.15, 0.2) is 0 Å². The molecule has 1 heterocycles. The summed E-state index contributed by atoms with van der Waals surface area (Å²) in [5.41, 5.74) is 0. The van der Waals surface area contributed by atoms with Gasteiger partial charge in [-0.2, -0.15) is 0 Å². The third kappa shape index (κ3) is 1.60. The molecule has 0 saturated heterocycles. The van der Waals surface area contributed by atoms with Crippen LogP contribution >= 0.6 is 35.6 Å². The first kappa shape index (κ1) is 10.1. The molecule has 1 aromatic heterocycles. The van der Waals surface area contributed by atoms with Crippen LogP contribution in [0.1, 0.15) is 6.92 Å². The molecule has 1 nitrogen and oxygen atoms in total. The maximum Gasteiger partial charge on any atom is 0.138 e. The van der Waals surface area contributed by atoms with E-state index in [2.05, 4.69) is 12.6 Å². The minimum absolute atomic E-state index is 0.658. The number of benzene rings is 1. The quantitative estimate of drug-likeness (QED) is 0.778. The van der Waals surface area contributed by atoms with E-state index in [-0.39, 0.29) is 0 Å². The van der Waals surface area contributed by atoms with Crippen molar-refractivity contribution in [3.8, 4) is 5.75 Å². The molecule has 0 saturated carbocycles. The zero-order valence-electron chi connectivity index (χ0n) is 7.58. The standard InChI is InChI=1S/C10H9ClOS2/c1-2-12-7-5-14-10-6(11)3-4-8(13)9(7)10/h3-5,13H,2H2,1H3. The summed E-state index contributed by atoms with van der Waals surface area (Å²) in [5.74, 6) is 0.875. The molecule has 2 aromatic rings. The molecular weight excluding hydrogens is 236 g/mol. The van der Waals surface area contributed by atoms with Crippen LogP contribution in [0, 0.1) is 0 Å². The first-order valence-electron chi connectivity index (χ1n) is 4.25. The predicted octanol–water partition coefficient (Wildman–Crippen LogP) is 4.24. The van der Waals surface area contributed by atoms with Crippen LogP contribution in [0.4, 0.5) is 0 Å². The Morgan fingerprint density at radius 2 is 2.29 bits per heavy atom. The first-order chi connectivity index (χ1) is 6.74. The Morgan fingerprint density at radius 3 is 3.00 bits per heavy atom. The van der Waals surface area contributed by atoms with Gasteiger partial charge in [-0.1, -0.05) is 11.6 Å². The number of fused-ring (bicyclic) bond motifs is 1. The molecule has 0 aliphatic heterocycles. The number of thiol groups is 1. The molecule has 0 atom stereocenters. The average molecular weight is 245 g/mol. The molecule has 14 heavy (non-hydrogen) atoms. The van der Waals surface area contributed by atoms with Gasteiger partial charge >= 0.3 is 0 Å². The monoisotopic (exact) mass is 244 g/mol. The summed E-state index contributed by atoms with van der Waals surface area (Å²) < 4.78 is 6.54. The molecule has 0 radical (unpaired) electrons. The molecule has 74 valence electrons. The fraction of sp³-hybridized carbons (Fsp3) is 0.200.